The van der Waals surface area contributed by atoms with Crippen molar-refractivity contribution in [3.8, 4) is 6.01 Å². The van der Waals surface area contributed by atoms with Crippen molar-refractivity contribution in [2.24, 2.45) is 0 Å². The zero-order valence-electron chi connectivity index (χ0n) is 20.0. The minimum atomic E-state index is -4.32. The molecule has 2 bridgehead atoms. The molecule has 2 N–H and O–H groups in total. The summed E-state index contributed by atoms with van der Waals surface area (Å²) in [5.41, 5.74) is 2.69. The normalized spacial score (nSPS) is 23.4. The Morgan fingerprint density at radius 2 is 1.92 bits per heavy atom. The predicted molar refractivity (Wildman–Crippen MR) is 135 cm³/mol. The molecular formula is C26H27ClF3N5O2. The number of ether oxygens (including phenoxy) is 1. The monoisotopic (exact) mass is 533 g/mol. The summed E-state index contributed by atoms with van der Waals surface area (Å²) in [4.78, 5) is 13.5. The molecule has 3 aliphatic heterocycles. The average molecular weight is 534 g/mol. The van der Waals surface area contributed by atoms with E-state index in [0.29, 0.717) is 49.9 Å². The number of benzene rings is 2. The van der Waals surface area contributed by atoms with E-state index in [2.05, 4.69) is 25.1 Å². The minimum absolute atomic E-state index is 0.0535. The summed E-state index contributed by atoms with van der Waals surface area (Å²) in [6.45, 7) is 1.83. The second-order valence-electron chi connectivity index (χ2n) is 9.93. The van der Waals surface area contributed by atoms with E-state index in [9.17, 15) is 18.3 Å². The molecule has 3 atom stereocenters. The highest BCUT2D eigenvalue weighted by Gasteiger charge is 2.40. The first-order chi connectivity index (χ1) is 17.7. The van der Waals surface area contributed by atoms with Crippen molar-refractivity contribution in [2.75, 3.05) is 36.0 Å². The highest BCUT2D eigenvalue weighted by Crippen LogP contribution is 2.37. The Bertz CT molecular complexity index is 1320. The molecule has 7 nitrogen and oxygen atoms in total. The molecule has 0 radical (unpaired) electrons. The van der Waals surface area contributed by atoms with E-state index in [4.69, 9.17) is 16.3 Å². The fraction of sp³-hybridized carbons (Fsp3) is 0.462. The molecule has 3 aromatic rings. The number of hydrogen-bond donors (Lipinski definition) is 2. The van der Waals surface area contributed by atoms with Crippen LogP contribution >= 0.6 is 11.6 Å². The first-order valence-corrected chi connectivity index (χ1v) is 12.8. The maximum absolute atomic E-state index is 12.8. The Balaban J connectivity index is 1.35. The van der Waals surface area contributed by atoms with Crippen molar-refractivity contribution in [3.05, 3.63) is 52.7 Å². The van der Waals surface area contributed by atoms with Gasteiger partial charge in [-0.2, -0.15) is 23.1 Å². The van der Waals surface area contributed by atoms with Crippen LogP contribution in [0.15, 0.2) is 36.4 Å². The quantitative estimate of drug-likeness (QED) is 0.512. The maximum Gasteiger partial charge on any atom is 0.392 e. The summed E-state index contributed by atoms with van der Waals surface area (Å²) >= 11 is 6.58. The van der Waals surface area contributed by atoms with Gasteiger partial charge in [0.25, 0.3) is 0 Å². The molecular weight excluding hydrogens is 507 g/mol. The Kier molecular flexibility index (Phi) is 6.29. The van der Waals surface area contributed by atoms with E-state index < -0.39 is 25.3 Å². The molecule has 0 aliphatic carbocycles. The topological polar surface area (TPSA) is 73.8 Å². The largest absolute Gasteiger partial charge is 0.463 e. The van der Waals surface area contributed by atoms with Gasteiger partial charge >= 0.3 is 12.2 Å². The van der Waals surface area contributed by atoms with Gasteiger partial charge in [0.2, 0.25) is 0 Å². The third kappa shape index (κ3) is 4.89. The molecule has 4 heterocycles. The van der Waals surface area contributed by atoms with Gasteiger partial charge in [-0.15, -0.1) is 0 Å². The van der Waals surface area contributed by atoms with E-state index in [0.717, 1.165) is 27.7 Å². The maximum atomic E-state index is 12.8. The van der Waals surface area contributed by atoms with Crippen molar-refractivity contribution < 1.29 is 23.0 Å². The van der Waals surface area contributed by atoms with Crippen molar-refractivity contribution in [1.29, 1.82) is 0 Å². The summed E-state index contributed by atoms with van der Waals surface area (Å²) in [5, 5.41) is 16.4. The number of piperazine rings is 1. The zero-order chi connectivity index (χ0) is 25.7. The van der Waals surface area contributed by atoms with Gasteiger partial charge in [0, 0.05) is 42.3 Å². The number of aliphatic hydroxyl groups excluding tert-OH is 1. The molecule has 1 aromatic heterocycles. The molecule has 196 valence electrons. The number of fused-ring (bicyclic) bond motifs is 4. The predicted octanol–water partition coefficient (Wildman–Crippen LogP) is 4.09. The van der Waals surface area contributed by atoms with E-state index in [1.54, 1.807) is 0 Å². The molecule has 11 heteroatoms. The fourth-order valence-electron chi connectivity index (χ4n) is 5.71. The number of alkyl halides is 3. The van der Waals surface area contributed by atoms with E-state index in [1.807, 2.05) is 36.4 Å². The summed E-state index contributed by atoms with van der Waals surface area (Å²) < 4.78 is 43.7. The van der Waals surface area contributed by atoms with Crippen LogP contribution in [-0.2, 0) is 13.0 Å². The van der Waals surface area contributed by atoms with Crippen LogP contribution in [0.4, 0.5) is 24.7 Å². The van der Waals surface area contributed by atoms with Crippen LogP contribution in [0.3, 0.4) is 0 Å². The Morgan fingerprint density at radius 1 is 1.11 bits per heavy atom. The lowest BCUT2D eigenvalue weighted by Crippen LogP contribution is -2.53. The lowest BCUT2D eigenvalue weighted by atomic mass is 10.0. The van der Waals surface area contributed by atoms with Crippen LogP contribution in [0.2, 0.25) is 5.02 Å². The van der Waals surface area contributed by atoms with Gasteiger partial charge in [0.1, 0.15) is 12.4 Å². The summed E-state index contributed by atoms with van der Waals surface area (Å²) in [7, 11) is 0. The van der Waals surface area contributed by atoms with Crippen LogP contribution in [0, 0.1) is 0 Å². The summed E-state index contributed by atoms with van der Waals surface area (Å²) in [6.07, 6.45) is -4.50. The Labute approximate surface area is 217 Å². The van der Waals surface area contributed by atoms with Crippen molar-refractivity contribution in [1.82, 2.24) is 15.3 Å². The second kappa shape index (κ2) is 9.49. The molecule has 3 aliphatic rings. The first kappa shape index (κ1) is 24.5. The molecule has 0 amide bonds. The zero-order valence-corrected chi connectivity index (χ0v) is 20.8. The molecule has 2 saturated heterocycles. The first-order valence-electron chi connectivity index (χ1n) is 12.5. The van der Waals surface area contributed by atoms with Crippen molar-refractivity contribution >= 4 is 33.9 Å². The number of aromatic nitrogens is 2. The average Bonchev–Trinajstić information content (AvgIpc) is 3.12. The molecule has 6 rings (SSSR count). The molecule has 2 fully saturated rings. The van der Waals surface area contributed by atoms with E-state index in [1.165, 1.54) is 0 Å². The van der Waals surface area contributed by atoms with Gasteiger partial charge < -0.3 is 25.0 Å². The van der Waals surface area contributed by atoms with Gasteiger partial charge in [-0.1, -0.05) is 35.9 Å². The number of hydrogen-bond acceptors (Lipinski definition) is 7. The van der Waals surface area contributed by atoms with Gasteiger partial charge in [0.05, 0.1) is 35.8 Å². The van der Waals surface area contributed by atoms with Crippen LogP contribution in [-0.4, -0.2) is 65.7 Å². The standard InChI is InChI=1S/C26H27ClF3N5O2/c27-18-5-1-3-15-4-2-6-21(23(15)18)34-9-7-17-19(13-34)32-25(37-10-8-26(28,29)30)33-24(17)35-12-16-11-22(36)20(14-35)31-16/h1-6,16,20,22,31,36H,7-14H2/t16-,20-,22-/m1/s1. The molecule has 0 spiro atoms. The third-order valence-electron chi connectivity index (χ3n) is 7.41. The van der Waals surface area contributed by atoms with Crippen LogP contribution < -0.4 is 19.9 Å². The third-order valence-corrected chi connectivity index (χ3v) is 7.72. The number of halogens is 4. The number of nitrogens with one attached hydrogen (secondary N) is 1. The SMILES string of the molecule is O[C@@H]1C[C@@H]2CN(c3nc(OCCC(F)(F)F)nc4c3CCN(c3cccc5cccc(Cl)c35)C4)C[C@H]1N2. The number of anilines is 2. The number of aliphatic hydroxyl groups is 1. The van der Waals surface area contributed by atoms with Gasteiger partial charge in [-0.25, -0.2) is 0 Å². The Hall–Kier alpha value is -2.82. The lowest BCUT2D eigenvalue weighted by molar-refractivity contribution is -0.139. The number of rotatable bonds is 5. The van der Waals surface area contributed by atoms with Crippen LogP contribution in [0.5, 0.6) is 6.01 Å². The molecule has 37 heavy (non-hydrogen) atoms. The minimum Gasteiger partial charge on any atom is -0.463 e. The highest BCUT2D eigenvalue weighted by atomic mass is 35.5. The Morgan fingerprint density at radius 3 is 2.70 bits per heavy atom. The lowest BCUT2D eigenvalue weighted by Gasteiger charge is -2.37. The molecule has 0 saturated carbocycles. The van der Waals surface area contributed by atoms with Crippen molar-refractivity contribution in [2.45, 2.75) is 50.2 Å². The van der Waals surface area contributed by atoms with Gasteiger partial charge in [0.15, 0.2) is 0 Å². The second-order valence-corrected chi connectivity index (χ2v) is 10.3. The van der Waals surface area contributed by atoms with Gasteiger partial charge in [-0.05, 0) is 30.4 Å². The van der Waals surface area contributed by atoms with E-state index in [-0.39, 0.29) is 18.1 Å². The smallest absolute Gasteiger partial charge is 0.392 e. The number of nitrogens with zero attached hydrogens (tertiary/aromatic N) is 4. The van der Waals surface area contributed by atoms with Crippen LogP contribution in [0.25, 0.3) is 10.8 Å². The van der Waals surface area contributed by atoms with Gasteiger partial charge in [-0.3, -0.25) is 0 Å². The fourth-order valence-corrected chi connectivity index (χ4v) is 5.99. The van der Waals surface area contributed by atoms with Crippen LogP contribution in [0.1, 0.15) is 24.1 Å². The highest BCUT2D eigenvalue weighted by molar-refractivity contribution is 6.36. The van der Waals surface area contributed by atoms with Crippen molar-refractivity contribution in [3.63, 3.8) is 0 Å². The summed E-state index contributed by atoms with van der Waals surface area (Å²) in [6, 6.07) is 11.8. The molecule has 0 unspecified atom stereocenters. The summed E-state index contributed by atoms with van der Waals surface area (Å²) in [5.74, 6) is 0.688. The van der Waals surface area contributed by atoms with E-state index >= 15 is 0 Å². The molecule has 2 aromatic carbocycles.